The summed E-state index contributed by atoms with van der Waals surface area (Å²) in [5, 5.41) is 14.9. The van der Waals surface area contributed by atoms with Gasteiger partial charge >= 0.3 is 0 Å². The lowest BCUT2D eigenvalue weighted by Crippen LogP contribution is -2.42. The number of benzene rings is 1. The van der Waals surface area contributed by atoms with Crippen molar-refractivity contribution in [2.75, 3.05) is 18.0 Å². The third-order valence-electron chi connectivity index (χ3n) is 6.62. The molecule has 1 aliphatic rings. The van der Waals surface area contributed by atoms with Crippen LogP contribution in [0.5, 0.6) is 0 Å². The van der Waals surface area contributed by atoms with Gasteiger partial charge in [-0.05, 0) is 49.2 Å². The molecule has 1 fully saturated rings. The number of piperidine rings is 1. The average Bonchev–Trinajstić information content (AvgIpc) is 3.32. The van der Waals surface area contributed by atoms with Gasteiger partial charge in [-0.3, -0.25) is 4.98 Å². The number of aliphatic hydroxyl groups excluding tert-OH is 1. The minimum atomic E-state index is -2.75. The minimum absolute atomic E-state index is 0.109. The molecule has 36 heavy (non-hydrogen) atoms. The number of nitrogens with two attached hydrogens (primary N) is 1. The minimum Gasteiger partial charge on any atom is -0.390 e. The molecule has 3 N–H and O–H groups in total. The fraction of sp³-hybridized carbons (Fsp3) is 0.370. The Bertz CT molecular complexity index is 1370. The van der Waals surface area contributed by atoms with Gasteiger partial charge in [0.05, 0.1) is 41.9 Å². The SMILES string of the molecule is CCCC(N)c1cccc(-c2cc(N3CCCC(F)(F)C3)c3cnn(-c4cccc(CO)n4)c3c2)n1. The van der Waals surface area contributed by atoms with Gasteiger partial charge in [-0.1, -0.05) is 25.5 Å². The number of rotatable bonds is 7. The van der Waals surface area contributed by atoms with Crippen molar-refractivity contribution < 1.29 is 13.9 Å². The zero-order valence-electron chi connectivity index (χ0n) is 20.2. The second-order valence-corrected chi connectivity index (χ2v) is 9.35. The fourth-order valence-corrected chi connectivity index (χ4v) is 4.82. The van der Waals surface area contributed by atoms with E-state index < -0.39 is 5.92 Å². The third-order valence-corrected chi connectivity index (χ3v) is 6.62. The molecule has 0 saturated carbocycles. The summed E-state index contributed by atoms with van der Waals surface area (Å²) >= 11 is 0. The molecule has 5 rings (SSSR count). The topological polar surface area (TPSA) is 93.1 Å². The molecule has 0 spiro atoms. The predicted molar refractivity (Wildman–Crippen MR) is 136 cm³/mol. The maximum atomic E-state index is 14.4. The van der Waals surface area contributed by atoms with Gasteiger partial charge in [-0.15, -0.1) is 0 Å². The van der Waals surface area contributed by atoms with Gasteiger partial charge in [0, 0.05) is 35.6 Å². The van der Waals surface area contributed by atoms with Gasteiger partial charge in [-0.2, -0.15) is 5.10 Å². The Kier molecular flexibility index (Phi) is 6.68. The van der Waals surface area contributed by atoms with Crippen LogP contribution >= 0.6 is 0 Å². The molecule has 9 heteroatoms. The molecule has 1 unspecified atom stereocenters. The lowest BCUT2D eigenvalue weighted by Gasteiger charge is -2.34. The Morgan fingerprint density at radius 2 is 1.97 bits per heavy atom. The zero-order valence-corrected chi connectivity index (χ0v) is 20.2. The van der Waals surface area contributed by atoms with Gasteiger partial charge < -0.3 is 15.7 Å². The summed E-state index contributed by atoms with van der Waals surface area (Å²) in [4.78, 5) is 11.1. The molecule has 1 saturated heterocycles. The Labute approximate surface area is 208 Å². The van der Waals surface area contributed by atoms with Crippen molar-refractivity contribution >= 4 is 16.6 Å². The molecule has 188 valence electrons. The first-order chi connectivity index (χ1) is 17.4. The van der Waals surface area contributed by atoms with Gasteiger partial charge in [0.15, 0.2) is 5.82 Å². The molecule has 0 aliphatic carbocycles. The molecule has 1 atom stereocenters. The zero-order chi connectivity index (χ0) is 25.3. The maximum absolute atomic E-state index is 14.4. The second-order valence-electron chi connectivity index (χ2n) is 9.35. The average molecular weight is 493 g/mol. The summed E-state index contributed by atoms with van der Waals surface area (Å²) in [6.07, 6.45) is 3.76. The third kappa shape index (κ3) is 4.81. The van der Waals surface area contributed by atoms with E-state index in [4.69, 9.17) is 10.7 Å². The van der Waals surface area contributed by atoms with Crippen LogP contribution in [0.4, 0.5) is 14.5 Å². The van der Waals surface area contributed by atoms with Crippen LogP contribution in [0.2, 0.25) is 0 Å². The highest BCUT2D eigenvalue weighted by Crippen LogP contribution is 2.37. The molecule has 7 nitrogen and oxygen atoms in total. The summed E-state index contributed by atoms with van der Waals surface area (Å²) in [5.74, 6) is -2.21. The van der Waals surface area contributed by atoms with Crippen molar-refractivity contribution in [2.45, 2.75) is 51.2 Å². The van der Waals surface area contributed by atoms with Gasteiger partial charge in [0.2, 0.25) is 0 Å². The normalized spacial score (nSPS) is 16.4. The van der Waals surface area contributed by atoms with E-state index in [1.54, 1.807) is 34.0 Å². The number of alkyl halides is 2. The quantitative estimate of drug-likeness (QED) is 0.377. The number of nitrogens with zero attached hydrogens (tertiary/aromatic N) is 5. The van der Waals surface area contributed by atoms with E-state index in [2.05, 4.69) is 17.0 Å². The van der Waals surface area contributed by atoms with E-state index in [1.807, 2.05) is 30.3 Å². The standard InChI is InChI=1S/C27H30F2N6O/c1-2-6-21(30)23-9-4-8-22(33-23)18-13-24(34-12-5-11-27(28,29)17-34)20-15-31-35(25(20)14-18)26-10-3-7-19(16-36)32-26/h3-4,7-10,13-15,21,36H,2,5-6,11-12,16-17,30H2,1H3. The summed E-state index contributed by atoms with van der Waals surface area (Å²) in [6, 6.07) is 14.8. The first-order valence-corrected chi connectivity index (χ1v) is 12.3. The molecule has 1 aromatic carbocycles. The first kappa shape index (κ1) is 24.3. The monoisotopic (exact) mass is 492 g/mol. The molecular formula is C27H30F2N6O. The van der Waals surface area contributed by atoms with Gasteiger partial charge in [-0.25, -0.2) is 18.4 Å². The van der Waals surface area contributed by atoms with E-state index in [-0.39, 0.29) is 25.6 Å². The Hall–Kier alpha value is -3.43. The van der Waals surface area contributed by atoms with E-state index in [9.17, 15) is 13.9 Å². The number of aromatic nitrogens is 4. The highest BCUT2D eigenvalue weighted by atomic mass is 19.3. The van der Waals surface area contributed by atoms with Crippen molar-refractivity contribution in [3.05, 3.63) is 66.1 Å². The van der Waals surface area contributed by atoms with Crippen molar-refractivity contribution in [1.29, 1.82) is 0 Å². The summed E-state index contributed by atoms with van der Waals surface area (Å²) in [6.45, 7) is 2.08. The number of fused-ring (bicyclic) bond motifs is 1. The molecule has 1 aliphatic heterocycles. The van der Waals surface area contributed by atoms with Crippen molar-refractivity contribution in [2.24, 2.45) is 5.73 Å². The van der Waals surface area contributed by atoms with E-state index in [0.29, 0.717) is 30.2 Å². The van der Waals surface area contributed by atoms with Crippen LogP contribution < -0.4 is 10.6 Å². The lowest BCUT2D eigenvalue weighted by molar-refractivity contribution is -0.0116. The predicted octanol–water partition coefficient (Wildman–Crippen LogP) is 5.01. The number of aliphatic hydroxyl groups is 1. The molecule has 0 bridgehead atoms. The molecule has 0 radical (unpaired) electrons. The fourth-order valence-electron chi connectivity index (χ4n) is 4.82. The Morgan fingerprint density at radius 1 is 1.14 bits per heavy atom. The van der Waals surface area contributed by atoms with E-state index in [0.717, 1.165) is 40.7 Å². The Morgan fingerprint density at radius 3 is 2.75 bits per heavy atom. The van der Waals surface area contributed by atoms with Crippen LogP contribution in [0.3, 0.4) is 0 Å². The number of halogens is 2. The van der Waals surface area contributed by atoms with Crippen LogP contribution in [0, 0.1) is 0 Å². The van der Waals surface area contributed by atoms with Crippen molar-refractivity contribution in [3.8, 4) is 17.1 Å². The van der Waals surface area contributed by atoms with Crippen LogP contribution in [-0.4, -0.2) is 43.9 Å². The van der Waals surface area contributed by atoms with Crippen LogP contribution in [-0.2, 0) is 6.61 Å². The Balaban J connectivity index is 1.68. The maximum Gasteiger partial charge on any atom is 0.265 e. The van der Waals surface area contributed by atoms with Crippen molar-refractivity contribution in [3.63, 3.8) is 0 Å². The van der Waals surface area contributed by atoms with Crippen LogP contribution in [0.1, 0.15) is 50.0 Å². The van der Waals surface area contributed by atoms with Crippen LogP contribution in [0.15, 0.2) is 54.7 Å². The largest absolute Gasteiger partial charge is 0.390 e. The van der Waals surface area contributed by atoms with Gasteiger partial charge in [0.25, 0.3) is 5.92 Å². The number of pyridine rings is 2. The summed E-state index contributed by atoms with van der Waals surface area (Å²) < 4.78 is 30.5. The molecule has 0 amide bonds. The molecule has 4 heterocycles. The van der Waals surface area contributed by atoms with Gasteiger partial charge in [0.1, 0.15) is 0 Å². The second kappa shape index (κ2) is 9.91. The van der Waals surface area contributed by atoms with E-state index >= 15 is 0 Å². The molecule has 3 aromatic heterocycles. The number of hydrogen-bond donors (Lipinski definition) is 2. The summed E-state index contributed by atoms with van der Waals surface area (Å²) in [7, 11) is 0. The van der Waals surface area contributed by atoms with E-state index in [1.165, 1.54) is 0 Å². The highest BCUT2D eigenvalue weighted by Gasteiger charge is 2.36. The van der Waals surface area contributed by atoms with Crippen LogP contribution in [0.25, 0.3) is 28.0 Å². The number of anilines is 1. The molecular weight excluding hydrogens is 462 g/mol. The highest BCUT2D eigenvalue weighted by molar-refractivity contribution is 5.96. The first-order valence-electron chi connectivity index (χ1n) is 12.3. The lowest BCUT2D eigenvalue weighted by atomic mass is 10.0. The number of hydrogen-bond acceptors (Lipinski definition) is 6. The summed E-state index contributed by atoms with van der Waals surface area (Å²) in [5.41, 5.74) is 10.6. The smallest absolute Gasteiger partial charge is 0.265 e. The van der Waals surface area contributed by atoms with Crippen molar-refractivity contribution in [1.82, 2.24) is 19.7 Å². The molecule has 4 aromatic rings.